The highest BCUT2D eigenvalue weighted by Gasteiger charge is 2.17. The number of amides is 1. The van der Waals surface area contributed by atoms with Crippen LogP contribution < -0.4 is 10.6 Å². The van der Waals surface area contributed by atoms with Crippen molar-refractivity contribution in [2.75, 3.05) is 6.54 Å². The molecule has 1 fully saturated rings. The number of carbonyl (C=O) groups excluding carboxylic acids is 1. The average molecular weight is 250 g/mol. The second-order valence-corrected chi connectivity index (χ2v) is 5.05. The molecule has 1 saturated heterocycles. The van der Waals surface area contributed by atoms with Crippen molar-refractivity contribution in [3.05, 3.63) is 18.5 Å². The Morgan fingerprint density at radius 1 is 1.61 bits per heavy atom. The number of piperidine rings is 1. The third-order valence-corrected chi connectivity index (χ3v) is 3.27. The van der Waals surface area contributed by atoms with E-state index in [1.54, 1.807) is 6.20 Å². The first-order chi connectivity index (χ1) is 8.74. The first kappa shape index (κ1) is 13.1. The molecule has 1 aromatic heterocycles. The molecule has 0 radical (unpaired) electrons. The molecule has 1 aliphatic heterocycles. The van der Waals surface area contributed by atoms with Crippen LogP contribution in [-0.4, -0.2) is 34.3 Å². The number of aromatic nitrogens is 2. The van der Waals surface area contributed by atoms with Gasteiger partial charge in [-0.2, -0.15) is 5.10 Å². The molecule has 2 unspecified atom stereocenters. The third-order valence-electron chi connectivity index (χ3n) is 3.27. The van der Waals surface area contributed by atoms with Gasteiger partial charge >= 0.3 is 0 Å². The maximum atomic E-state index is 11.9. The number of rotatable bonds is 5. The van der Waals surface area contributed by atoms with E-state index in [0.29, 0.717) is 12.5 Å². The van der Waals surface area contributed by atoms with Gasteiger partial charge in [-0.15, -0.1) is 0 Å². The van der Waals surface area contributed by atoms with Gasteiger partial charge < -0.3 is 10.6 Å². The van der Waals surface area contributed by atoms with E-state index in [0.717, 1.165) is 19.5 Å². The van der Waals surface area contributed by atoms with Gasteiger partial charge in [0.2, 0.25) is 5.91 Å². The van der Waals surface area contributed by atoms with Crippen LogP contribution in [-0.2, 0) is 11.3 Å². The summed E-state index contributed by atoms with van der Waals surface area (Å²) in [7, 11) is 0. The standard InChI is InChI=1S/C13H22N4O/c1-11(10-17-8-4-7-15-17)16-13(18)9-12-5-2-3-6-14-12/h4,7-8,11-12,14H,2-3,5-6,9-10H2,1H3,(H,16,18). The first-order valence-corrected chi connectivity index (χ1v) is 6.74. The lowest BCUT2D eigenvalue weighted by Crippen LogP contribution is -2.42. The zero-order valence-corrected chi connectivity index (χ0v) is 10.9. The smallest absolute Gasteiger partial charge is 0.221 e. The van der Waals surface area contributed by atoms with Crippen LogP contribution in [0, 0.1) is 0 Å². The minimum atomic E-state index is 0.112. The molecule has 0 spiro atoms. The molecule has 0 saturated carbocycles. The molecule has 1 aliphatic rings. The van der Waals surface area contributed by atoms with Crippen molar-refractivity contribution in [2.45, 2.75) is 51.2 Å². The van der Waals surface area contributed by atoms with Crippen LogP contribution in [0.25, 0.3) is 0 Å². The number of carbonyl (C=O) groups is 1. The Morgan fingerprint density at radius 2 is 2.50 bits per heavy atom. The maximum Gasteiger partial charge on any atom is 0.221 e. The van der Waals surface area contributed by atoms with Crippen molar-refractivity contribution in [3.63, 3.8) is 0 Å². The molecule has 2 rings (SSSR count). The van der Waals surface area contributed by atoms with Gasteiger partial charge in [0.1, 0.15) is 0 Å². The second-order valence-electron chi connectivity index (χ2n) is 5.05. The fourth-order valence-electron chi connectivity index (χ4n) is 2.39. The summed E-state index contributed by atoms with van der Waals surface area (Å²) in [6.45, 7) is 3.77. The van der Waals surface area contributed by atoms with Crippen molar-refractivity contribution < 1.29 is 4.79 Å². The fourth-order valence-corrected chi connectivity index (χ4v) is 2.39. The quantitative estimate of drug-likeness (QED) is 0.817. The second kappa shape index (κ2) is 6.54. The Bertz CT molecular complexity index is 357. The summed E-state index contributed by atoms with van der Waals surface area (Å²) >= 11 is 0. The van der Waals surface area contributed by atoms with Crippen molar-refractivity contribution >= 4 is 5.91 Å². The summed E-state index contributed by atoms with van der Waals surface area (Å²) in [5, 5.41) is 10.5. The highest BCUT2D eigenvalue weighted by molar-refractivity contribution is 5.76. The normalized spacial score (nSPS) is 21.5. The lowest BCUT2D eigenvalue weighted by atomic mass is 10.0. The van der Waals surface area contributed by atoms with Crippen molar-refractivity contribution in [3.8, 4) is 0 Å². The average Bonchev–Trinajstić information content (AvgIpc) is 2.82. The summed E-state index contributed by atoms with van der Waals surface area (Å²) in [6.07, 6.45) is 7.82. The van der Waals surface area contributed by atoms with Gasteiger partial charge in [0.25, 0.3) is 0 Å². The molecule has 5 nitrogen and oxygen atoms in total. The SMILES string of the molecule is CC(Cn1cccn1)NC(=O)CC1CCCCN1. The van der Waals surface area contributed by atoms with E-state index in [1.807, 2.05) is 23.9 Å². The molecule has 0 bridgehead atoms. The number of nitrogens with zero attached hydrogens (tertiary/aromatic N) is 2. The molecule has 0 aliphatic carbocycles. The summed E-state index contributed by atoms with van der Waals surface area (Å²) < 4.78 is 1.84. The fraction of sp³-hybridized carbons (Fsp3) is 0.692. The Kier molecular flexibility index (Phi) is 4.75. The van der Waals surface area contributed by atoms with Gasteiger partial charge in [0, 0.05) is 30.9 Å². The van der Waals surface area contributed by atoms with Gasteiger partial charge in [-0.3, -0.25) is 9.48 Å². The molecule has 100 valence electrons. The Labute approximate surface area is 108 Å². The van der Waals surface area contributed by atoms with E-state index in [9.17, 15) is 4.79 Å². The molecule has 5 heteroatoms. The molecule has 0 aromatic carbocycles. The highest BCUT2D eigenvalue weighted by Crippen LogP contribution is 2.09. The van der Waals surface area contributed by atoms with Crippen LogP contribution in [0.4, 0.5) is 0 Å². The van der Waals surface area contributed by atoms with E-state index in [2.05, 4.69) is 15.7 Å². The van der Waals surface area contributed by atoms with Gasteiger partial charge in [-0.1, -0.05) is 6.42 Å². The zero-order chi connectivity index (χ0) is 12.8. The predicted molar refractivity (Wildman–Crippen MR) is 70.1 cm³/mol. The van der Waals surface area contributed by atoms with Crippen LogP contribution >= 0.6 is 0 Å². The van der Waals surface area contributed by atoms with Gasteiger partial charge in [0.15, 0.2) is 0 Å². The van der Waals surface area contributed by atoms with Crippen molar-refractivity contribution in [1.29, 1.82) is 0 Å². The Balaban J connectivity index is 1.69. The van der Waals surface area contributed by atoms with Crippen LogP contribution in [0.5, 0.6) is 0 Å². The van der Waals surface area contributed by atoms with E-state index in [-0.39, 0.29) is 11.9 Å². The molecule has 18 heavy (non-hydrogen) atoms. The van der Waals surface area contributed by atoms with E-state index < -0.39 is 0 Å². The largest absolute Gasteiger partial charge is 0.352 e. The van der Waals surface area contributed by atoms with Crippen molar-refractivity contribution in [1.82, 2.24) is 20.4 Å². The van der Waals surface area contributed by atoms with E-state index >= 15 is 0 Å². The summed E-state index contributed by atoms with van der Waals surface area (Å²) in [5.41, 5.74) is 0. The predicted octanol–water partition coefficient (Wildman–Crippen LogP) is 0.920. The first-order valence-electron chi connectivity index (χ1n) is 6.74. The molecule has 2 atom stereocenters. The Morgan fingerprint density at radius 3 is 3.17 bits per heavy atom. The van der Waals surface area contributed by atoms with Crippen LogP contribution in [0.3, 0.4) is 0 Å². The van der Waals surface area contributed by atoms with Gasteiger partial charge in [-0.25, -0.2) is 0 Å². The van der Waals surface area contributed by atoms with Crippen LogP contribution in [0.1, 0.15) is 32.6 Å². The van der Waals surface area contributed by atoms with Crippen LogP contribution in [0.15, 0.2) is 18.5 Å². The number of hydrogen-bond acceptors (Lipinski definition) is 3. The van der Waals surface area contributed by atoms with Gasteiger partial charge in [0.05, 0.1) is 6.54 Å². The summed E-state index contributed by atoms with van der Waals surface area (Å²) in [4.78, 5) is 11.9. The lowest BCUT2D eigenvalue weighted by molar-refractivity contribution is -0.122. The topological polar surface area (TPSA) is 59.0 Å². The number of nitrogens with one attached hydrogen (secondary N) is 2. The molecule has 2 heterocycles. The van der Waals surface area contributed by atoms with E-state index in [4.69, 9.17) is 0 Å². The van der Waals surface area contributed by atoms with Crippen molar-refractivity contribution in [2.24, 2.45) is 0 Å². The zero-order valence-electron chi connectivity index (χ0n) is 10.9. The minimum Gasteiger partial charge on any atom is -0.352 e. The number of hydrogen-bond donors (Lipinski definition) is 2. The Hall–Kier alpha value is -1.36. The summed E-state index contributed by atoms with van der Waals surface area (Å²) in [6, 6.07) is 2.36. The molecule has 1 amide bonds. The minimum absolute atomic E-state index is 0.112. The summed E-state index contributed by atoms with van der Waals surface area (Å²) in [5.74, 6) is 0.133. The molecule has 2 N–H and O–H groups in total. The molecular weight excluding hydrogens is 228 g/mol. The third kappa shape index (κ3) is 4.14. The monoisotopic (exact) mass is 250 g/mol. The van der Waals surface area contributed by atoms with E-state index in [1.165, 1.54) is 12.8 Å². The maximum absolute atomic E-state index is 11.9. The molecular formula is C13H22N4O. The van der Waals surface area contributed by atoms with Gasteiger partial charge in [-0.05, 0) is 32.4 Å². The molecule has 1 aromatic rings. The highest BCUT2D eigenvalue weighted by atomic mass is 16.1. The van der Waals surface area contributed by atoms with Crippen LogP contribution in [0.2, 0.25) is 0 Å². The lowest BCUT2D eigenvalue weighted by Gasteiger charge is -2.23.